The van der Waals surface area contributed by atoms with Crippen molar-refractivity contribution in [1.29, 1.82) is 5.26 Å². The molecule has 0 fully saturated rings. The fourth-order valence-electron chi connectivity index (χ4n) is 3.41. The number of hydrogen-bond acceptors (Lipinski definition) is 6. The van der Waals surface area contributed by atoms with Crippen LogP contribution >= 0.6 is 11.8 Å². The normalized spacial score (nSPS) is 12.7. The van der Waals surface area contributed by atoms with Crippen LogP contribution in [0.2, 0.25) is 0 Å². The minimum absolute atomic E-state index is 0.300. The average molecular weight is 505 g/mol. The van der Waals surface area contributed by atoms with E-state index in [2.05, 4.69) is 10.6 Å². The molecule has 2 unspecified atom stereocenters. The Kier molecular flexibility index (Phi) is 13.2. The van der Waals surface area contributed by atoms with Gasteiger partial charge in [0.15, 0.2) is 0 Å². The number of rotatable bonds is 13. The zero-order chi connectivity index (χ0) is 26.4. The van der Waals surface area contributed by atoms with Crippen LogP contribution in [0.1, 0.15) is 71.0 Å². The number of hydrogen-bond donors (Lipinski definition) is 2. The zero-order valence-corrected chi connectivity index (χ0v) is 22.7. The number of benzene rings is 1. The summed E-state index contributed by atoms with van der Waals surface area (Å²) < 4.78 is 5.35. The van der Waals surface area contributed by atoms with Gasteiger partial charge in [0.1, 0.15) is 24.2 Å². The first-order valence-electron chi connectivity index (χ1n) is 12.1. The minimum atomic E-state index is -0.998. The van der Waals surface area contributed by atoms with E-state index in [4.69, 9.17) is 4.74 Å². The molecule has 0 heterocycles. The number of carbonyl (C=O) groups is 3. The Balaban J connectivity index is 3.36. The first kappa shape index (κ1) is 30.3. The molecular weight excluding hydrogens is 464 g/mol. The molecule has 3 amide bonds. The molecule has 0 aliphatic rings. The summed E-state index contributed by atoms with van der Waals surface area (Å²) in [6, 6.07) is 7.56. The summed E-state index contributed by atoms with van der Waals surface area (Å²) in [6.07, 6.45) is 4.07. The molecule has 9 heteroatoms. The van der Waals surface area contributed by atoms with Crippen LogP contribution in [0.15, 0.2) is 24.3 Å². The van der Waals surface area contributed by atoms with Gasteiger partial charge in [-0.05, 0) is 63.2 Å². The highest BCUT2D eigenvalue weighted by Crippen LogP contribution is 2.24. The number of thioether (sulfide) groups is 1. The summed E-state index contributed by atoms with van der Waals surface area (Å²) >= 11 is 1.53. The lowest BCUT2D eigenvalue weighted by atomic mass is 10.00. The van der Waals surface area contributed by atoms with Crippen molar-refractivity contribution in [1.82, 2.24) is 15.5 Å². The summed E-state index contributed by atoms with van der Waals surface area (Å²) in [5.74, 6) is -0.251. The van der Waals surface area contributed by atoms with E-state index in [1.54, 1.807) is 20.8 Å². The second-order valence-corrected chi connectivity index (χ2v) is 10.2. The monoisotopic (exact) mass is 504 g/mol. The van der Waals surface area contributed by atoms with Crippen LogP contribution in [0, 0.1) is 11.3 Å². The molecule has 2 N–H and O–H groups in total. The Labute approximate surface area is 214 Å². The van der Waals surface area contributed by atoms with E-state index in [1.807, 2.05) is 50.4 Å². The predicted octanol–water partition coefficient (Wildman–Crippen LogP) is 4.20. The topological polar surface area (TPSA) is 112 Å². The first-order valence-corrected chi connectivity index (χ1v) is 13.5. The van der Waals surface area contributed by atoms with Gasteiger partial charge in [0.25, 0.3) is 0 Å². The summed E-state index contributed by atoms with van der Waals surface area (Å²) in [5.41, 5.74) is 0.980. The number of alkyl carbamates (subject to hydrolysis) is 1. The van der Waals surface area contributed by atoms with Gasteiger partial charge in [-0.1, -0.05) is 44.5 Å². The maximum absolute atomic E-state index is 13.7. The van der Waals surface area contributed by atoms with E-state index < -0.39 is 29.7 Å². The van der Waals surface area contributed by atoms with Gasteiger partial charge in [0, 0.05) is 6.54 Å². The van der Waals surface area contributed by atoms with Crippen LogP contribution in [-0.4, -0.2) is 59.5 Å². The molecule has 1 rings (SSSR count). The fraction of sp³-hybridized carbons (Fsp3) is 0.615. The number of aryl methyl sites for hydroxylation is 1. The van der Waals surface area contributed by atoms with Crippen molar-refractivity contribution >= 4 is 29.7 Å². The predicted molar refractivity (Wildman–Crippen MR) is 140 cm³/mol. The lowest BCUT2D eigenvalue weighted by molar-refractivity contribution is -0.141. The summed E-state index contributed by atoms with van der Waals surface area (Å²) in [6.45, 7) is 9.45. The molecule has 1 aromatic carbocycles. The van der Waals surface area contributed by atoms with Crippen LogP contribution in [0.5, 0.6) is 0 Å². The smallest absolute Gasteiger partial charge is 0.408 e. The van der Waals surface area contributed by atoms with E-state index in [0.717, 1.165) is 24.8 Å². The van der Waals surface area contributed by atoms with Gasteiger partial charge < -0.3 is 20.3 Å². The zero-order valence-electron chi connectivity index (χ0n) is 21.8. The second kappa shape index (κ2) is 15.3. The summed E-state index contributed by atoms with van der Waals surface area (Å²) in [7, 11) is 0. The third-order valence-electron chi connectivity index (χ3n) is 5.22. The molecule has 0 radical (unpaired) electrons. The van der Waals surface area contributed by atoms with Gasteiger partial charge in [-0.2, -0.15) is 17.0 Å². The molecule has 0 bridgehead atoms. The highest BCUT2D eigenvalue weighted by atomic mass is 32.2. The number of unbranched alkanes of at least 4 members (excludes halogenated alkanes) is 1. The van der Waals surface area contributed by atoms with Crippen molar-refractivity contribution < 1.29 is 19.1 Å². The van der Waals surface area contributed by atoms with Gasteiger partial charge in [0.05, 0.1) is 6.07 Å². The van der Waals surface area contributed by atoms with Crippen molar-refractivity contribution in [2.45, 2.75) is 78.0 Å². The quantitative estimate of drug-likeness (QED) is 0.308. The first-order chi connectivity index (χ1) is 16.6. The van der Waals surface area contributed by atoms with Crippen molar-refractivity contribution in [2.75, 3.05) is 25.1 Å². The second-order valence-electron chi connectivity index (χ2n) is 9.25. The van der Waals surface area contributed by atoms with Crippen LogP contribution in [-0.2, 0) is 20.7 Å². The van der Waals surface area contributed by atoms with Crippen molar-refractivity contribution in [3.8, 4) is 6.07 Å². The largest absolute Gasteiger partial charge is 0.444 e. The number of nitrogens with one attached hydrogen (secondary N) is 2. The molecule has 2 atom stereocenters. The van der Waals surface area contributed by atoms with Gasteiger partial charge >= 0.3 is 6.09 Å². The standard InChI is InChI=1S/C26H40N4O4S/c1-7-9-16-28-23(31)22(20-12-10-19(8-2)11-13-20)30(17-15-27)24(32)21(14-18-35-6)29-25(33)34-26(3,4)5/h10-13,21-22H,7-9,14,16-18H2,1-6H3,(H,28,31)(H,29,33). The van der Waals surface area contributed by atoms with Crippen LogP contribution in [0.3, 0.4) is 0 Å². The van der Waals surface area contributed by atoms with Gasteiger partial charge in [0.2, 0.25) is 11.8 Å². The third kappa shape index (κ3) is 10.6. The lowest BCUT2D eigenvalue weighted by Crippen LogP contribution is -2.53. The molecule has 8 nitrogen and oxygen atoms in total. The molecule has 0 aromatic heterocycles. The third-order valence-corrected chi connectivity index (χ3v) is 5.86. The van der Waals surface area contributed by atoms with Crippen LogP contribution in [0.4, 0.5) is 4.79 Å². The Morgan fingerprint density at radius 3 is 2.34 bits per heavy atom. The average Bonchev–Trinajstić information content (AvgIpc) is 2.80. The number of ether oxygens (including phenoxy) is 1. The summed E-state index contributed by atoms with van der Waals surface area (Å²) in [4.78, 5) is 40.8. The molecule has 35 heavy (non-hydrogen) atoms. The minimum Gasteiger partial charge on any atom is -0.444 e. The molecular formula is C26H40N4O4S. The van der Waals surface area contributed by atoms with Crippen molar-refractivity contribution in [3.63, 3.8) is 0 Å². The van der Waals surface area contributed by atoms with E-state index in [1.165, 1.54) is 16.7 Å². The maximum atomic E-state index is 13.7. The molecule has 0 spiro atoms. The molecule has 0 aliphatic heterocycles. The van der Waals surface area contributed by atoms with E-state index >= 15 is 0 Å². The van der Waals surface area contributed by atoms with Crippen molar-refractivity contribution in [3.05, 3.63) is 35.4 Å². The number of carbonyl (C=O) groups excluding carboxylic acids is 3. The van der Waals surface area contributed by atoms with Crippen molar-refractivity contribution in [2.24, 2.45) is 0 Å². The van der Waals surface area contributed by atoms with Gasteiger partial charge in [-0.25, -0.2) is 4.79 Å². The molecule has 1 aromatic rings. The Morgan fingerprint density at radius 2 is 1.83 bits per heavy atom. The molecule has 0 saturated heterocycles. The van der Waals surface area contributed by atoms with E-state index in [0.29, 0.717) is 24.3 Å². The Bertz CT molecular complexity index is 862. The highest BCUT2D eigenvalue weighted by molar-refractivity contribution is 7.98. The number of amides is 3. The molecule has 0 aliphatic carbocycles. The van der Waals surface area contributed by atoms with Crippen LogP contribution in [0.25, 0.3) is 0 Å². The Hall–Kier alpha value is -2.73. The SMILES string of the molecule is CCCCNC(=O)C(c1ccc(CC)cc1)N(CC#N)C(=O)C(CCSC)NC(=O)OC(C)(C)C. The molecule has 0 saturated carbocycles. The highest BCUT2D eigenvalue weighted by Gasteiger charge is 2.36. The van der Waals surface area contributed by atoms with Gasteiger partial charge in [-0.3, -0.25) is 9.59 Å². The summed E-state index contributed by atoms with van der Waals surface area (Å²) in [5, 5.41) is 15.1. The van der Waals surface area contributed by atoms with Crippen LogP contribution < -0.4 is 10.6 Å². The fourth-order valence-corrected chi connectivity index (χ4v) is 3.88. The van der Waals surface area contributed by atoms with E-state index in [9.17, 15) is 19.6 Å². The number of nitrogens with zero attached hydrogens (tertiary/aromatic N) is 2. The van der Waals surface area contributed by atoms with E-state index in [-0.39, 0.29) is 12.5 Å². The Morgan fingerprint density at radius 1 is 1.17 bits per heavy atom. The molecule has 194 valence electrons. The number of nitriles is 1. The maximum Gasteiger partial charge on any atom is 0.408 e. The van der Waals surface area contributed by atoms with Gasteiger partial charge in [-0.15, -0.1) is 0 Å². The lowest BCUT2D eigenvalue weighted by Gasteiger charge is -2.33.